The molecule has 1 amide bonds. The summed E-state index contributed by atoms with van der Waals surface area (Å²) in [5, 5.41) is 5.65. The van der Waals surface area contributed by atoms with Gasteiger partial charge in [-0.3, -0.25) is 10.2 Å². The Morgan fingerprint density at radius 2 is 1.35 bits per heavy atom. The minimum absolute atomic E-state index is 0.145. The summed E-state index contributed by atoms with van der Waals surface area (Å²) in [6.45, 7) is 17.0. The number of aromatic amines is 2. The molecule has 0 aliphatic carbocycles. The van der Waals surface area contributed by atoms with Crippen LogP contribution in [0.3, 0.4) is 0 Å². The van der Waals surface area contributed by atoms with Crippen molar-refractivity contribution in [3.63, 3.8) is 0 Å². The largest absolute Gasteiger partial charge is 0.458 e. The number of ether oxygens (including phenoxy) is 2. The van der Waals surface area contributed by atoms with Crippen molar-refractivity contribution in [1.82, 2.24) is 30.2 Å². The number of likely N-dealkylation sites (tertiary alicyclic amines) is 1. The van der Waals surface area contributed by atoms with Gasteiger partial charge in [0.1, 0.15) is 22.9 Å². The highest BCUT2D eigenvalue weighted by atomic mass is 16.6. The van der Waals surface area contributed by atoms with Gasteiger partial charge in [-0.25, -0.2) is 19.6 Å². The molecule has 2 saturated heterocycles. The molecule has 0 bridgehead atoms. The molecule has 0 radical (unpaired) electrons. The van der Waals surface area contributed by atoms with Crippen molar-refractivity contribution in [2.75, 3.05) is 13.1 Å². The predicted molar refractivity (Wildman–Crippen MR) is 203 cm³/mol. The predicted octanol–water partition coefficient (Wildman–Crippen LogP) is 8.77. The average molecular weight is 703 g/mol. The first-order chi connectivity index (χ1) is 24.6. The van der Waals surface area contributed by atoms with Gasteiger partial charge >= 0.3 is 12.1 Å². The maximum atomic E-state index is 13.5. The highest BCUT2D eigenvalue weighted by Gasteiger charge is 2.50. The topological polar surface area (TPSA) is 125 Å². The third-order valence-electron chi connectivity index (χ3n) is 9.86. The van der Waals surface area contributed by atoms with E-state index in [-0.39, 0.29) is 18.1 Å². The number of esters is 1. The highest BCUT2D eigenvalue weighted by Crippen LogP contribution is 2.38. The number of amides is 1. The van der Waals surface area contributed by atoms with Crippen LogP contribution in [0.25, 0.3) is 44.4 Å². The Hall–Kier alpha value is -4.96. The van der Waals surface area contributed by atoms with Crippen LogP contribution in [0.1, 0.15) is 85.9 Å². The fraction of sp³-hybridized carbons (Fsp3) is 0.429. The molecule has 272 valence electrons. The van der Waals surface area contributed by atoms with Gasteiger partial charge in [-0.05, 0) is 112 Å². The lowest BCUT2D eigenvalue weighted by Crippen LogP contribution is -2.48. The molecule has 0 unspecified atom stereocenters. The highest BCUT2D eigenvalue weighted by molar-refractivity contribution is 5.91. The maximum Gasteiger partial charge on any atom is 0.410 e. The first kappa shape index (κ1) is 35.4. The number of nitrogens with zero attached hydrogens (tertiary/aromatic N) is 3. The molecular weight excluding hydrogens is 653 g/mol. The summed E-state index contributed by atoms with van der Waals surface area (Å²) in [5.74, 6) is 1.74. The van der Waals surface area contributed by atoms with Crippen molar-refractivity contribution in [2.24, 2.45) is 11.8 Å². The molecule has 2 aliphatic heterocycles. The minimum atomic E-state index is -0.996. The molecule has 2 aliphatic rings. The second kappa shape index (κ2) is 13.2. The summed E-state index contributed by atoms with van der Waals surface area (Å²) in [6, 6.07) is 21.1. The third-order valence-corrected chi connectivity index (χ3v) is 9.86. The number of fused-ring (bicyclic) bond motifs is 1. The summed E-state index contributed by atoms with van der Waals surface area (Å²) in [5.41, 5.74) is 3.86. The van der Waals surface area contributed by atoms with Crippen LogP contribution in [0.15, 0.2) is 73.1 Å². The molecule has 4 heterocycles. The molecule has 10 nitrogen and oxygen atoms in total. The van der Waals surface area contributed by atoms with Crippen LogP contribution < -0.4 is 5.32 Å². The molecule has 0 saturated carbocycles. The molecule has 2 fully saturated rings. The molecule has 4 atom stereocenters. The smallest absolute Gasteiger partial charge is 0.410 e. The third kappa shape index (κ3) is 7.21. The zero-order chi connectivity index (χ0) is 37.0. The Kier molecular flexibility index (Phi) is 9.01. The summed E-state index contributed by atoms with van der Waals surface area (Å²) < 4.78 is 11.5. The SMILES string of the molecule is C[C@@H]1C[C@@H](c2ncc(-c3ccc(-c4ccc5cc(-c6cnc([C@]7(C(=O)OC(C)(C)C)C[C@@H](C)CN7)[nH]6)ccc5c4)cc3)[nH]2)N(C(=O)OC(C)(C)C)C1. The van der Waals surface area contributed by atoms with Crippen LogP contribution in [-0.4, -0.2) is 61.2 Å². The number of rotatable bonds is 6. The lowest BCUT2D eigenvalue weighted by molar-refractivity contribution is -0.163. The van der Waals surface area contributed by atoms with E-state index >= 15 is 0 Å². The molecule has 10 heteroatoms. The lowest BCUT2D eigenvalue weighted by atomic mass is 9.92. The summed E-state index contributed by atoms with van der Waals surface area (Å²) in [6.07, 6.45) is 4.80. The summed E-state index contributed by atoms with van der Waals surface area (Å²) >= 11 is 0. The fourth-order valence-corrected chi connectivity index (χ4v) is 7.41. The Morgan fingerprint density at radius 1 is 0.750 bits per heavy atom. The van der Waals surface area contributed by atoms with E-state index in [1.807, 2.05) is 47.7 Å². The Bertz CT molecular complexity index is 2100. The zero-order valence-electron chi connectivity index (χ0n) is 31.5. The van der Waals surface area contributed by atoms with Gasteiger partial charge in [0.2, 0.25) is 0 Å². The molecule has 0 spiro atoms. The van der Waals surface area contributed by atoms with E-state index in [0.717, 1.165) is 63.2 Å². The van der Waals surface area contributed by atoms with Crippen molar-refractivity contribution in [3.05, 3.63) is 84.7 Å². The number of carbonyl (C=O) groups is 2. The number of hydrogen-bond donors (Lipinski definition) is 3. The van der Waals surface area contributed by atoms with Crippen LogP contribution in [0.4, 0.5) is 4.79 Å². The molecule has 3 aromatic carbocycles. The van der Waals surface area contributed by atoms with Gasteiger partial charge in [-0.2, -0.15) is 0 Å². The Labute approximate surface area is 305 Å². The number of imidazole rings is 2. The van der Waals surface area contributed by atoms with E-state index in [4.69, 9.17) is 19.4 Å². The number of nitrogens with one attached hydrogen (secondary N) is 3. The number of carbonyl (C=O) groups excluding carboxylic acids is 2. The Morgan fingerprint density at radius 3 is 2.00 bits per heavy atom. The van der Waals surface area contributed by atoms with Crippen LogP contribution >= 0.6 is 0 Å². The van der Waals surface area contributed by atoms with Gasteiger partial charge in [-0.1, -0.05) is 62.4 Å². The number of H-pyrrole nitrogens is 2. The summed E-state index contributed by atoms with van der Waals surface area (Å²) in [7, 11) is 0. The number of benzene rings is 3. The zero-order valence-corrected chi connectivity index (χ0v) is 31.5. The van der Waals surface area contributed by atoms with E-state index in [0.29, 0.717) is 30.6 Å². The average Bonchev–Trinajstić information content (AvgIpc) is 3.89. The van der Waals surface area contributed by atoms with Gasteiger partial charge in [0.25, 0.3) is 0 Å². The van der Waals surface area contributed by atoms with E-state index in [2.05, 4.69) is 89.8 Å². The molecule has 7 rings (SSSR count). The van der Waals surface area contributed by atoms with Crippen LogP contribution in [-0.2, 0) is 19.8 Å². The van der Waals surface area contributed by atoms with Gasteiger partial charge in [0.05, 0.1) is 29.8 Å². The van der Waals surface area contributed by atoms with Crippen LogP contribution in [0.5, 0.6) is 0 Å². The number of hydrogen-bond acceptors (Lipinski definition) is 7. The van der Waals surface area contributed by atoms with Crippen LogP contribution in [0.2, 0.25) is 0 Å². The van der Waals surface area contributed by atoms with E-state index in [1.54, 1.807) is 11.1 Å². The van der Waals surface area contributed by atoms with Gasteiger partial charge < -0.3 is 19.4 Å². The van der Waals surface area contributed by atoms with E-state index in [1.165, 1.54) is 0 Å². The summed E-state index contributed by atoms with van der Waals surface area (Å²) in [4.78, 5) is 44.5. The normalized spacial score (nSPS) is 22.2. The fourth-order valence-electron chi connectivity index (χ4n) is 7.41. The molecule has 3 N–H and O–H groups in total. The van der Waals surface area contributed by atoms with Crippen molar-refractivity contribution < 1.29 is 19.1 Å². The van der Waals surface area contributed by atoms with Crippen LogP contribution in [0, 0.1) is 11.8 Å². The Balaban J connectivity index is 1.07. The minimum Gasteiger partial charge on any atom is -0.458 e. The molecule has 2 aromatic heterocycles. The monoisotopic (exact) mass is 702 g/mol. The van der Waals surface area contributed by atoms with Crippen molar-refractivity contribution in [2.45, 2.75) is 91.0 Å². The first-order valence-corrected chi connectivity index (χ1v) is 18.3. The quantitative estimate of drug-likeness (QED) is 0.151. The second-order valence-electron chi connectivity index (χ2n) is 16.8. The van der Waals surface area contributed by atoms with Crippen molar-refractivity contribution >= 4 is 22.8 Å². The lowest BCUT2D eigenvalue weighted by Gasteiger charge is -2.30. The molecule has 52 heavy (non-hydrogen) atoms. The molecular formula is C42H50N6O4. The number of aromatic nitrogens is 4. The van der Waals surface area contributed by atoms with E-state index < -0.39 is 16.7 Å². The first-order valence-electron chi connectivity index (χ1n) is 18.3. The van der Waals surface area contributed by atoms with Crippen molar-refractivity contribution in [3.8, 4) is 33.6 Å². The second-order valence-corrected chi connectivity index (χ2v) is 16.8. The standard InChI is InChI=1S/C42H50N6O4/c1-25-17-35(48(24-25)39(50)52-41(6,7)8)36-43-22-33(46-36)28-11-9-27(10-12-28)29-13-14-31-19-32(16-15-30(31)18-29)34-23-44-37(47-34)42(20-26(2)21-45-42)38(49)51-40(3,4)5/h9-16,18-19,22-23,25-26,35,45H,17,20-21,24H2,1-8H3,(H,43,46)(H,44,47)/t25-,26-,35+,42+/m1/s1. The molecule has 5 aromatic rings. The van der Waals surface area contributed by atoms with Gasteiger partial charge in [-0.15, -0.1) is 0 Å². The van der Waals surface area contributed by atoms with Gasteiger partial charge in [0.15, 0.2) is 5.54 Å². The van der Waals surface area contributed by atoms with Crippen molar-refractivity contribution in [1.29, 1.82) is 0 Å². The van der Waals surface area contributed by atoms with E-state index in [9.17, 15) is 9.59 Å². The maximum absolute atomic E-state index is 13.5. The van der Waals surface area contributed by atoms with Gasteiger partial charge in [0, 0.05) is 12.1 Å².